The molecule has 0 rings (SSSR count). The highest BCUT2D eigenvalue weighted by Crippen LogP contribution is 2.18. The van der Waals surface area contributed by atoms with Crippen molar-refractivity contribution in [2.24, 2.45) is 0 Å². The predicted molar refractivity (Wildman–Crippen MR) is 329 cm³/mol. The minimum absolute atomic E-state index is 0.00158. The average molecular weight is 1050 g/mol. The summed E-state index contributed by atoms with van der Waals surface area (Å²) in [5, 5.41) is 23.2. The first-order chi connectivity index (χ1) is 37.0. The van der Waals surface area contributed by atoms with E-state index in [9.17, 15) is 19.8 Å². The number of aliphatic hydroxyl groups is 2. The molecule has 75 heavy (non-hydrogen) atoms. The van der Waals surface area contributed by atoms with Crippen molar-refractivity contribution in [1.29, 1.82) is 0 Å². The van der Waals surface area contributed by atoms with Gasteiger partial charge in [0.25, 0.3) is 0 Å². The first-order valence-electron chi connectivity index (χ1n) is 33.8. The summed E-state index contributed by atoms with van der Waals surface area (Å²) in [6.45, 7) is 4.89. The second-order valence-electron chi connectivity index (χ2n) is 23.2. The maximum absolute atomic E-state index is 12.5. The Hall–Kier alpha value is -1.92. The molecular weight excluding hydrogens is 923 g/mol. The SMILES string of the molecule is CCCC/C=C\C/C=C\CCCCCCCC(=O)OCCCCCCCCCCCCCCCCCCCCCCCCCCCC(=O)NC(CO)C(O)/C=C/CCCCCCCCCCCCCCCCCCC. The Morgan fingerprint density at radius 1 is 0.373 bits per heavy atom. The van der Waals surface area contributed by atoms with Gasteiger partial charge in [-0.15, -0.1) is 0 Å². The van der Waals surface area contributed by atoms with E-state index < -0.39 is 12.1 Å². The number of allylic oxidation sites excluding steroid dienone is 5. The van der Waals surface area contributed by atoms with Crippen molar-refractivity contribution in [3.05, 3.63) is 36.5 Å². The van der Waals surface area contributed by atoms with Gasteiger partial charge >= 0.3 is 5.97 Å². The maximum atomic E-state index is 12.5. The van der Waals surface area contributed by atoms with Gasteiger partial charge in [-0.25, -0.2) is 0 Å². The van der Waals surface area contributed by atoms with Crippen molar-refractivity contribution < 1.29 is 24.5 Å². The number of hydrogen-bond donors (Lipinski definition) is 3. The molecule has 6 heteroatoms. The van der Waals surface area contributed by atoms with Gasteiger partial charge in [0.05, 0.1) is 25.4 Å². The van der Waals surface area contributed by atoms with Crippen LogP contribution in [0, 0.1) is 0 Å². The van der Waals surface area contributed by atoms with Gasteiger partial charge in [0.1, 0.15) is 0 Å². The molecule has 0 aromatic rings. The van der Waals surface area contributed by atoms with Gasteiger partial charge in [-0.05, 0) is 57.8 Å². The number of amides is 1. The van der Waals surface area contributed by atoms with Crippen LogP contribution in [-0.4, -0.2) is 47.4 Å². The van der Waals surface area contributed by atoms with Gasteiger partial charge in [0.15, 0.2) is 0 Å². The molecule has 0 aromatic carbocycles. The molecule has 1 amide bonds. The fourth-order valence-corrected chi connectivity index (χ4v) is 10.5. The van der Waals surface area contributed by atoms with Crippen LogP contribution in [-0.2, 0) is 14.3 Å². The molecule has 0 aromatic heterocycles. The minimum atomic E-state index is -0.844. The number of rotatable bonds is 63. The molecule has 0 spiro atoms. The van der Waals surface area contributed by atoms with E-state index in [-0.39, 0.29) is 18.5 Å². The lowest BCUT2D eigenvalue weighted by molar-refractivity contribution is -0.143. The maximum Gasteiger partial charge on any atom is 0.305 e. The van der Waals surface area contributed by atoms with E-state index in [4.69, 9.17) is 4.74 Å². The number of nitrogens with one attached hydrogen (secondary N) is 1. The fourth-order valence-electron chi connectivity index (χ4n) is 10.5. The van der Waals surface area contributed by atoms with Gasteiger partial charge in [-0.1, -0.05) is 333 Å². The van der Waals surface area contributed by atoms with Crippen LogP contribution in [0.25, 0.3) is 0 Å². The molecule has 6 nitrogen and oxygen atoms in total. The minimum Gasteiger partial charge on any atom is -0.466 e. The Morgan fingerprint density at radius 3 is 1.05 bits per heavy atom. The zero-order valence-electron chi connectivity index (χ0n) is 50.5. The molecular formula is C69H131NO5. The molecule has 0 fully saturated rings. The van der Waals surface area contributed by atoms with Crippen LogP contribution >= 0.6 is 0 Å². The normalized spacial score (nSPS) is 12.7. The van der Waals surface area contributed by atoms with Gasteiger partial charge in [-0.2, -0.15) is 0 Å². The van der Waals surface area contributed by atoms with Crippen molar-refractivity contribution in [1.82, 2.24) is 5.32 Å². The summed E-state index contributed by atoms with van der Waals surface area (Å²) in [6, 6.07) is -0.627. The summed E-state index contributed by atoms with van der Waals surface area (Å²) in [7, 11) is 0. The summed E-state index contributed by atoms with van der Waals surface area (Å²) < 4.78 is 5.48. The van der Waals surface area contributed by atoms with Crippen LogP contribution in [0.4, 0.5) is 0 Å². The van der Waals surface area contributed by atoms with Crippen LogP contribution in [0.2, 0.25) is 0 Å². The summed E-state index contributed by atoms with van der Waals surface area (Å²) in [6.07, 6.45) is 82.1. The first-order valence-corrected chi connectivity index (χ1v) is 33.8. The second-order valence-corrected chi connectivity index (χ2v) is 23.2. The van der Waals surface area contributed by atoms with Crippen LogP contribution in [0.3, 0.4) is 0 Å². The van der Waals surface area contributed by atoms with E-state index >= 15 is 0 Å². The largest absolute Gasteiger partial charge is 0.466 e. The van der Waals surface area contributed by atoms with E-state index in [2.05, 4.69) is 43.5 Å². The Labute approximate surface area is 468 Å². The van der Waals surface area contributed by atoms with E-state index in [1.807, 2.05) is 6.08 Å². The second kappa shape index (κ2) is 64.6. The van der Waals surface area contributed by atoms with Gasteiger partial charge in [0.2, 0.25) is 5.91 Å². The molecule has 0 bridgehead atoms. The van der Waals surface area contributed by atoms with E-state index in [0.717, 1.165) is 51.4 Å². The third kappa shape index (κ3) is 61.2. The number of esters is 1. The van der Waals surface area contributed by atoms with Crippen LogP contribution < -0.4 is 5.32 Å². The number of carbonyl (C=O) groups excluding carboxylic acids is 2. The van der Waals surface area contributed by atoms with E-state index in [1.54, 1.807) is 6.08 Å². The number of hydrogen-bond acceptors (Lipinski definition) is 5. The zero-order valence-corrected chi connectivity index (χ0v) is 50.5. The van der Waals surface area contributed by atoms with Crippen molar-refractivity contribution in [3.8, 4) is 0 Å². The summed E-state index contributed by atoms with van der Waals surface area (Å²) in [5.41, 5.74) is 0. The van der Waals surface area contributed by atoms with Crippen LogP contribution in [0.1, 0.15) is 367 Å². The topological polar surface area (TPSA) is 95.9 Å². The predicted octanol–water partition coefficient (Wildman–Crippen LogP) is 21.5. The molecule has 2 atom stereocenters. The Balaban J connectivity index is 3.39. The zero-order chi connectivity index (χ0) is 54.3. The molecule has 0 aliphatic rings. The van der Waals surface area contributed by atoms with Crippen molar-refractivity contribution in [2.75, 3.05) is 13.2 Å². The summed E-state index contributed by atoms with van der Waals surface area (Å²) in [4.78, 5) is 24.6. The first kappa shape index (κ1) is 73.1. The lowest BCUT2D eigenvalue weighted by Crippen LogP contribution is -2.45. The van der Waals surface area contributed by atoms with Gasteiger partial charge in [0, 0.05) is 12.8 Å². The lowest BCUT2D eigenvalue weighted by Gasteiger charge is -2.20. The number of unbranched alkanes of at least 4 members (excludes halogenated alkanes) is 48. The highest BCUT2D eigenvalue weighted by molar-refractivity contribution is 5.76. The third-order valence-electron chi connectivity index (χ3n) is 15.7. The Kier molecular flexibility index (Phi) is 63.0. The van der Waals surface area contributed by atoms with E-state index in [0.29, 0.717) is 19.4 Å². The molecule has 2 unspecified atom stereocenters. The van der Waals surface area contributed by atoms with Gasteiger partial charge < -0.3 is 20.3 Å². The fraction of sp³-hybridized carbons (Fsp3) is 0.884. The Bertz CT molecular complexity index is 1210. The molecule has 442 valence electrons. The standard InChI is InChI=1S/C69H131NO5/c1-3-5-7-9-11-13-15-17-19-20-28-31-34-37-41-45-49-53-57-61-67(72)66(65-71)70-68(73)62-58-54-50-46-42-38-35-32-29-26-24-22-21-23-25-27-30-33-36-40-44-48-52-56-60-64-75-69(74)63-59-55-51-47-43-39-18-16-14-12-10-8-6-4-2/h10,12,16,18,57,61,66-67,71-72H,3-9,11,13-15,17,19-56,58-60,62-65H2,1-2H3,(H,70,73)/b12-10-,18-16-,61-57+. The Morgan fingerprint density at radius 2 is 0.680 bits per heavy atom. The summed E-state index contributed by atoms with van der Waals surface area (Å²) >= 11 is 0. The molecule has 0 saturated carbocycles. The van der Waals surface area contributed by atoms with Crippen LogP contribution in [0.5, 0.6) is 0 Å². The highest BCUT2D eigenvalue weighted by atomic mass is 16.5. The molecule has 0 heterocycles. The lowest BCUT2D eigenvalue weighted by atomic mass is 10.0. The van der Waals surface area contributed by atoms with Gasteiger partial charge in [-0.3, -0.25) is 9.59 Å². The van der Waals surface area contributed by atoms with Crippen molar-refractivity contribution in [3.63, 3.8) is 0 Å². The average Bonchev–Trinajstić information content (AvgIpc) is 3.41. The summed E-state index contributed by atoms with van der Waals surface area (Å²) in [5.74, 6) is -0.0618. The molecule has 0 saturated heterocycles. The van der Waals surface area contributed by atoms with E-state index in [1.165, 1.54) is 289 Å². The third-order valence-corrected chi connectivity index (χ3v) is 15.7. The number of aliphatic hydroxyl groups excluding tert-OH is 2. The smallest absolute Gasteiger partial charge is 0.305 e. The molecule has 0 radical (unpaired) electrons. The number of ether oxygens (including phenoxy) is 1. The highest BCUT2D eigenvalue weighted by Gasteiger charge is 2.18. The number of carbonyl (C=O) groups is 2. The molecule has 0 aliphatic heterocycles. The van der Waals surface area contributed by atoms with Crippen LogP contribution in [0.15, 0.2) is 36.5 Å². The van der Waals surface area contributed by atoms with Crippen molar-refractivity contribution >= 4 is 11.9 Å². The van der Waals surface area contributed by atoms with Crippen molar-refractivity contribution in [2.45, 2.75) is 379 Å². The molecule has 3 N–H and O–H groups in total. The molecule has 0 aliphatic carbocycles. The monoisotopic (exact) mass is 1050 g/mol. The quantitative estimate of drug-likeness (QED) is 0.0320.